The van der Waals surface area contributed by atoms with Crippen LogP contribution in [0.1, 0.15) is 18.4 Å². The van der Waals surface area contributed by atoms with Crippen molar-refractivity contribution in [1.82, 2.24) is 5.32 Å². The number of Topliss-reactive ketones (excluding diaryl/α,β-unsaturated/α-hetero) is 1. The van der Waals surface area contributed by atoms with Gasteiger partial charge in [-0.1, -0.05) is 30.3 Å². The van der Waals surface area contributed by atoms with Gasteiger partial charge in [-0.15, -0.1) is 0 Å². The SMILES string of the molecule is CS(=O)(=O)C(C(=O)[C@H]1CCCN1)(c1ccccc1)C(N)C(O)S(=O)(=O)O. The number of carbonyl (C=O) groups excluding carboxylic acids is 1. The Bertz CT molecular complexity index is 865. The maximum Gasteiger partial charge on any atom is 0.293 e. The number of hydrogen-bond donors (Lipinski definition) is 4. The number of ketones is 1. The van der Waals surface area contributed by atoms with Crippen LogP contribution in [0, 0.1) is 0 Å². The summed E-state index contributed by atoms with van der Waals surface area (Å²) in [6, 6.07) is 4.16. The fraction of sp³-hybridized carbons (Fsp3) is 0.533. The molecule has 0 bridgehead atoms. The zero-order chi connectivity index (χ0) is 19.8. The smallest absolute Gasteiger partial charge is 0.293 e. The third kappa shape index (κ3) is 3.55. The Morgan fingerprint density at radius 1 is 1.27 bits per heavy atom. The van der Waals surface area contributed by atoms with Crippen molar-refractivity contribution < 1.29 is 31.3 Å². The van der Waals surface area contributed by atoms with Crippen LogP contribution in [-0.2, 0) is 29.5 Å². The van der Waals surface area contributed by atoms with E-state index >= 15 is 0 Å². The highest BCUT2D eigenvalue weighted by molar-refractivity contribution is 7.92. The number of nitrogens with one attached hydrogen (secondary N) is 1. The third-order valence-corrected chi connectivity index (χ3v) is 7.39. The number of aliphatic hydroxyl groups excluding tert-OH is 1. The minimum absolute atomic E-state index is 0.0728. The molecule has 0 aromatic heterocycles. The van der Waals surface area contributed by atoms with E-state index in [4.69, 9.17) is 5.73 Å². The van der Waals surface area contributed by atoms with Gasteiger partial charge in [0.15, 0.2) is 25.8 Å². The molecule has 1 heterocycles. The Hall–Kier alpha value is -1.37. The summed E-state index contributed by atoms with van der Waals surface area (Å²) >= 11 is 0. The molecule has 1 aromatic carbocycles. The van der Waals surface area contributed by atoms with Gasteiger partial charge < -0.3 is 16.2 Å². The molecule has 2 rings (SSSR count). The van der Waals surface area contributed by atoms with Crippen LogP contribution in [0.3, 0.4) is 0 Å². The number of aliphatic hydroxyl groups is 1. The summed E-state index contributed by atoms with van der Waals surface area (Å²) in [7, 11) is -9.49. The highest BCUT2D eigenvalue weighted by Crippen LogP contribution is 2.38. The van der Waals surface area contributed by atoms with Crippen molar-refractivity contribution >= 4 is 25.7 Å². The van der Waals surface area contributed by atoms with Crippen molar-refractivity contribution in [3.63, 3.8) is 0 Å². The Balaban J connectivity index is 2.79. The standard InChI is InChI=1S/C15H22N2O7S2/c1-25(20,21)15(10-6-3-2-4-7-10,12(16)14(19)26(22,23)24)13(18)11-8-5-9-17-11/h2-4,6-7,11-12,14,17,19H,5,8-9,16H2,1H3,(H,22,23,24)/t11-,12?,14?,15?/m1/s1. The molecule has 26 heavy (non-hydrogen) atoms. The molecule has 11 heteroatoms. The molecule has 9 nitrogen and oxygen atoms in total. The van der Waals surface area contributed by atoms with Gasteiger partial charge in [0.05, 0.1) is 12.1 Å². The first-order valence-electron chi connectivity index (χ1n) is 7.86. The van der Waals surface area contributed by atoms with E-state index in [1.807, 2.05) is 0 Å². The zero-order valence-corrected chi connectivity index (χ0v) is 15.7. The zero-order valence-electron chi connectivity index (χ0n) is 14.1. The second-order valence-electron chi connectivity index (χ2n) is 6.32. The van der Waals surface area contributed by atoms with Crippen LogP contribution in [0.2, 0.25) is 0 Å². The molecule has 0 aliphatic carbocycles. The van der Waals surface area contributed by atoms with E-state index in [1.165, 1.54) is 24.3 Å². The van der Waals surface area contributed by atoms with Gasteiger partial charge in [-0.3, -0.25) is 9.35 Å². The van der Waals surface area contributed by atoms with Crippen molar-refractivity contribution in [1.29, 1.82) is 0 Å². The van der Waals surface area contributed by atoms with Crippen LogP contribution in [-0.4, -0.2) is 62.6 Å². The lowest BCUT2D eigenvalue weighted by atomic mass is 9.83. The highest BCUT2D eigenvalue weighted by Gasteiger charge is 2.59. The van der Waals surface area contributed by atoms with E-state index in [0.29, 0.717) is 19.4 Å². The Morgan fingerprint density at radius 3 is 2.27 bits per heavy atom. The monoisotopic (exact) mass is 406 g/mol. The van der Waals surface area contributed by atoms with Crippen molar-refractivity contribution in [3.8, 4) is 0 Å². The number of nitrogens with two attached hydrogens (primary N) is 1. The van der Waals surface area contributed by atoms with Gasteiger partial charge in [0.1, 0.15) is 0 Å². The van der Waals surface area contributed by atoms with Gasteiger partial charge in [-0.05, 0) is 24.9 Å². The molecule has 4 atom stereocenters. The predicted octanol–water partition coefficient (Wildman–Crippen LogP) is -1.22. The molecule has 1 aromatic rings. The van der Waals surface area contributed by atoms with Gasteiger partial charge in [0.25, 0.3) is 10.1 Å². The molecule has 146 valence electrons. The third-order valence-electron chi connectivity index (χ3n) is 4.61. The van der Waals surface area contributed by atoms with Crippen molar-refractivity contribution in [2.24, 2.45) is 5.73 Å². The lowest BCUT2D eigenvalue weighted by Crippen LogP contribution is -2.65. The topological polar surface area (TPSA) is 164 Å². The molecule has 0 amide bonds. The molecule has 0 radical (unpaired) electrons. The van der Waals surface area contributed by atoms with Crippen LogP contribution in [0.15, 0.2) is 30.3 Å². The predicted molar refractivity (Wildman–Crippen MR) is 94.5 cm³/mol. The summed E-state index contributed by atoms with van der Waals surface area (Å²) in [6.07, 6.45) is 1.72. The molecule has 0 spiro atoms. The summed E-state index contributed by atoms with van der Waals surface area (Å²) < 4.78 is 55.1. The number of carbonyl (C=O) groups is 1. The number of hydrogen-bond acceptors (Lipinski definition) is 8. The molecule has 3 unspecified atom stereocenters. The molecule has 0 saturated carbocycles. The van der Waals surface area contributed by atoms with E-state index in [-0.39, 0.29) is 5.56 Å². The van der Waals surface area contributed by atoms with Gasteiger partial charge in [-0.25, -0.2) is 8.42 Å². The number of sulfone groups is 1. The fourth-order valence-corrected chi connectivity index (χ4v) is 5.74. The Morgan fingerprint density at radius 2 is 1.85 bits per heavy atom. The molecule has 1 aliphatic heterocycles. The number of benzene rings is 1. The second kappa shape index (κ2) is 7.33. The van der Waals surface area contributed by atoms with Gasteiger partial charge in [0, 0.05) is 6.26 Å². The quantitative estimate of drug-likeness (QED) is 0.406. The van der Waals surface area contributed by atoms with Crippen LogP contribution in [0.25, 0.3) is 0 Å². The number of rotatable bonds is 7. The molecule has 5 N–H and O–H groups in total. The van der Waals surface area contributed by atoms with Gasteiger partial charge >= 0.3 is 0 Å². The normalized spacial score (nSPS) is 23.2. The van der Waals surface area contributed by atoms with E-state index in [0.717, 1.165) is 6.26 Å². The molecule has 1 saturated heterocycles. The van der Waals surface area contributed by atoms with E-state index < -0.39 is 48.0 Å². The van der Waals surface area contributed by atoms with Gasteiger partial charge in [-0.2, -0.15) is 8.42 Å². The molecular weight excluding hydrogens is 384 g/mol. The Labute approximate surface area is 152 Å². The average Bonchev–Trinajstić information content (AvgIpc) is 3.07. The first-order chi connectivity index (χ1) is 11.9. The minimum atomic E-state index is -5.12. The Kier molecular flexibility index (Phi) is 5.90. The lowest BCUT2D eigenvalue weighted by molar-refractivity contribution is -0.124. The fourth-order valence-electron chi connectivity index (χ4n) is 3.38. The second-order valence-corrected chi connectivity index (χ2v) is 10.0. The van der Waals surface area contributed by atoms with Crippen molar-refractivity contribution in [3.05, 3.63) is 35.9 Å². The molecular formula is C15H22N2O7S2. The summed E-state index contributed by atoms with van der Waals surface area (Å²) in [5.41, 5.74) is 3.12. The lowest BCUT2D eigenvalue weighted by Gasteiger charge is -2.39. The summed E-state index contributed by atoms with van der Waals surface area (Å²) in [4.78, 5) is 13.3. The highest BCUT2D eigenvalue weighted by atomic mass is 32.2. The minimum Gasteiger partial charge on any atom is -0.374 e. The average molecular weight is 406 g/mol. The molecule has 1 aliphatic rings. The largest absolute Gasteiger partial charge is 0.374 e. The molecule has 1 fully saturated rings. The maximum absolute atomic E-state index is 13.3. The van der Waals surface area contributed by atoms with Crippen LogP contribution in [0.5, 0.6) is 0 Å². The summed E-state index contributed by atoms with van der Waals surface area (Å²) in [5, 5.41) is 12.9. The van der Waals surface area contributed by atoms with Crippen LogP contribution < -0.4 is 11.1 Å². The summed E-state index contributed by atoms with van der Waals surface area (Å²) in [6.45, 7) is 0.487. The van der Waals surface area contributed by atoms with E-state index in [2.05, 4.69) is 5.32 Å². The summed E-state index contributed by atoms with van der Waals surface area (Å²) in [5.74, 6) is -0.862. The van der Waals surface area contributed by atoms with Crippen molar-refractivity contribution in [2.45, 2.75) is 35.1 Å². The first-order valence-corrected chi connectivity index (χ1v) is 11.3. The maximum atomic E-state index is 13.3. The van der Waals surface area contributed by atoms with Gasteiger partial charge in [0.2, 0.25) is 0 Å². The first kappa shape index (κ1) is 20.9. The van der Waals surface area contributed by atoms with E-state index in [1.54, 1.807) is 6.07 Å². The van der Waals surface area contributed by atoms with Crippen LogP contribution in [0.4, 0.5) is 0 Å². The van der Waals surface area contributed by atoms with Crippen molar-refractivity contribution in [2.75, 3.05) is 12.8 Å². The van der Waals surface area contributed by atoms with E-state index in [9.17, 15) is 31.3 Å². The van der Waals surface area contributed by atoms with Crippen LogP contribution >= 0.6 is 0 Å².